The summed E-state index contributed by atoms with van der Waals surface area (Å²) in [4.78, 5) is 15.2. The van der Waals surface area contributed by atoms with Crippen LogP contribution >= 0.6 is 11.3 Å². The Hall–Kier alpha value is -2.83. The summed E-state index contributed by atoms with van der Waals surface area (Å²) in [6.07, 6.45) is -5.36. The van der Waals surface area contributed by atoms with Crippen LogP contribution in [-0.4, -0.2) is 67.3 Å². The number of aliphatic hydroxyl groups is 4. The Kier molecular flexibility index (Phi) is 6.61. The summed E-state index contributed by atoms with van der Waals surface area (Å²) >= 11 is 1.66. The van der Waals surface area contributed by atoms with Crippen LogP contribution in [0.25, 0.3) is 22.2 Å². The van der Waals surface area contributed by atoms with E-state index in [1.165, 1.54) is 5.56 Å². The Labute approximate surface area is 199 Å². The second kappa shape index (κ2) is 9.80. The Morgan fingerprint density at radius 3 is 2.56 bits per heavy atom. The van der Waals surface area contributed by atoms with E-state index < -0.39 is 37.3 Å². The fourth-order valence-corrected chi connectivity index (χ4v) is 4.66. The monoisotopic (exact) mass is 484 g/mol. The molecule has 1 aliphatic rings. The van der Waals surface area contributed by atoms with Crippen LogP contribution in [0.15, 0.2) is 65.6 Å². The van der Waals surface area contributed by atoms with Crippen LogP contribution < -0.4 is 4.89 Å². The van der Waals surface area contributed by atoms with Gasteiger partial charge in [-0.05, 0) is 45.6 Å². The quantitative estimate of drug-likeness (QED) is 0.232. The number of hydrogen-bond donors (Lipinski definition) is 4. The number of aromatic nitrogens is 2. The maximum atomic E-state index is 10.3. The van der Waals surface area contributed by atoms with E-state index in [-0.39, 0.29) is 0 Å². The number of thiophene rings is 1. The summed E-state index contributed by atoms with van der Waals surface area (Å²) in [5, 5.41) is 43.8. The molecule has 1 aliphatic heterocycles. The SMILES string of the molecule is OC[C@H]1OC(O)[C@H](OOc2cccc3ncn(Cc4ccc(-c5ccsc5)cc4)c23)[C@@H](O)[C@@H]1O. The number of imidazole rings is 1. The van der Waals surface area contributed by atoms with Crippen molar-refractivity contribution in [3.05, 3.63) is 71.2 Å². The van der Waals surface area contributed by atoms with Gasteiger partial charge in [-0.25, -0.2) is 4.98 Å². The van der Waals surface area contributed by atoms with Gasteiger partial charge in [-0.1, -0.05) is 30.3 Å². The number of para-hydroxylation sites is 1. The number of ether oxygens (including phenoxy) is 1. The highest BCUT2D eigenvalue weighted by molar-refractivity contribution is 7.08. The second-order valence-electron chi connectivity index (χ2n) is 8.08. The lowest BCUT2D eigenvalue weighted by atomic mass is 9.99. The first-order chi connectivity index (χ1) is 16.5. The number of benzene rings is 2. The molecule has 4 N–H and O–H groups in total. The predicted molar refractivity (Wildman–Crippen MR) is 124 cm³/mol. The minimum Gasteiger partial charge on any atom is -0.394 e. The van der Waals surface area contributed by atoms with Crippen LogP contribution in [0.5, 0.6) is 5.75 Å². The van der Waals surface area contributed by atoms with Gasteiger partial charge in [0, 0.05) is 6.54 Å². The highest BCUT2D eigenvalue weighted by atomic mass is 32.1. The molecule has 5 rings (SSSR count). The van der Waals surface area contributed by atoms with Gasteiger partial charge in [0.15, 0.2) is 18.1 Å². The van der Waals surface area contributed by atoms with Gasteiger partial charge in [-0.3, -0.25) is 0 Å². The van der Waals surface area contributed by atoms with Gasteiger partial charge in [-0.2, -0.15) is 16.2 Å². The van der Waals surface area contributed by atoms with Gasteiger partial charge in [0.1, 0.15) is 23.8 Å². The van der Waals surface area contributed by atoms with E-state index in [2.05, 4.69) is 40.7 Å². The smallest absolute Gasteiger partial charge is 0.191 e. The molecule has 0 bridgehead atoms. The van der Waals surface area contributed by atoms with Crippen molar-refractivity contribution in [1.29, 1.82) is 0 Å². The van der Waals surface area contributed by atoms with Gasteiger partial charge < -0.3 is 34.6 Å². The number of hydrogen-bond acceptors (Lipinski definition) is 9. The summed E-state index contributed by atoms with van der Waals surface area (Å²) in [5.41, 5.74) is 4.74. The summed E-state index contributed by atoms with van der Waals surface area (Å²) in [7, 11) is 0. The van der Waals surface area contributed by atoms with Crippen molar-refractivity contribution in [3.63, 3.8) is 0 Å². The van der Waals surface area contributed by atoms with Crippen molar-refractivity contribution in [2.45, 2.75) is 37.3 Å². The van der Waals surface area contributed by atoms with E-state index in [1.54, 1.807) is 29.8 Å². The van der Waals surface area contributed by atoms with Crippen LogP contribution in [0.4, 0.5) is 0 Å². The van der Waals surface area contributed by atoms with Crippen molar-refractivity contribution < 1.29 is 34.9 Å². The molecule has 178 valence electrons. The maximum Gasteiger partial charge on any atom is 0.191 e. The number of aliphatic hydroxyl groups excluding tert-OH is 4. The largest absolute Gasteiger partial charge is 0.394 e. The van der Waals surface area contributed by atoms with E-state index in [0.29, 0.717) is 23.3 Å². The van der Waals surface area contributed by atoms with E-state index in [9.17, 15) is 20.4 Å². The summed E-state index contributed by atoms with van der Waals surface area (Å²) in [6.45, 7) is -0.0227. The zero-order valence-corrected chi connectivity index (χ0v) is 18.8. The predicted octanol–water partition coefficient (Wildman–Crippen LogP) is 1.92. The second-order valence-corrected chi connectivity index (χ2v) is 8.86. The molecule has 3 heterocycles. The number of nitrogens with zero attached hydrogens (tertiary/aromatic N) is 2. The van der Waals surface area contributed by atoms with Crippen molar-refractivity contribution in [1.82, 2.24) is 9.55 Å². The molecule has 2 aromatic carbocycles. The van der Waals surface area contributed by atoms with E-state index in [4.69, 9.17) is 14.5 Å². The highest BCUT2D eigenvalue weighted by Crippen LogP contribution is 2.29. The Bertz CT molecular complexity index is 1230. The Balaban J connectivity index is 1.34. The molecular weight excluding hydrogens is 460 g/mol. The molecule has 4 aromatic rings. The lowest BCUT2D eigenvalue weighted by molar-refractivity contribution is -0.364. The van der Waals surface area contributed by atoms with E-state index >= 15 is 0 Å². The molecule has 5 atom stereocenters. The number of rotatable bonds is 7. The molecule has 0 saturated carbocycles. The van der Waals surface area contributed by atoms with E-state index in [1.807, 2.05) is 16.0 Å². The van der Waals surface area contributed by atoms with Crippen LogP contribution in [0, 0.1) is 0 Å². The molecule has 1 saturated heterocycles. The lowest BCUT2D eigenvalue weighted by Crippen LogP contribution is -2.59. The Morgan fingerprint density at radius 2 is 1.82 bits per heavy atom. The molecule has 0 aliphatic carbocycles. The van der Waals surface area contributed by atoms with Gasteiger partial charge in [0.05, 0.1) is 18.5 Å². The summed E-state index contributed by atoms with van der Waals surface area (Å²) in [5.74, 6) is 0.322. The van der Waals surface area contributed by atoms with Gasteiger partial charge in [-0.15, -0.1) is 0 Å². The molecule has 1 fully saturated rings. The van der Waals surface area contributed by atoms with Crippen LogP contribution in [0.3, 0.4) is 0 Å². The highest BCUT2D eigenvalue weighted by Gasteiger charge is 2.45. The minimum atomic E-state index is -1.60. The Morgan fingerprint density at radius 1 is 1.00 bits per heavy atom. The normalized spacial score (nSPS) is 25.0. The third kappa shape index (κ3) is 4.44. The van der Waals surface area contributed by atoms with Crippen LogP contribution in [0.1, 0.15) is 5.56 Å². The molecule has 0 amide bonds. The zero-order chi connectivity index (χ0) is 23.7. The average molecular weight is 485 g/mol. The standard InChI is InChI=1S/C24H24N2O7S/c27-11-19-21(28)22(29)23(24(30)31-19)33-32-18-3-1-2-17-20(18)26(13-25-17)10-14-4-6-15(7-5-14)16-8-9-34-12-16/h1-9,12-13,19,21-24,27-30H,10-11H2/t19-,21-,22+,23-,24?/m1/s1. The maximum absolute atomic E-state index is 10.3. The first-order valence-electron chi connectivity index (χ1n) is 10.7. The first-order valence-corrected chi connectivity index (χ1v) is 11.7. The molecular formula is C24H24N2O7S. The van der Waals surface area contributed by atoms with Crippen molar-refractivity contribution in [3.8, 4) is 16.9 Å². The molecule has 9 nitrogen and oxygen atoms in total. The average Bonchev–Trinajstić information content (AvgIpc) is 3.53. The fourth-order valence-electron chi connectivity index (χ4n) is 3.99. The molecule has 2 aromatic heterocycles. The lowest BCUT2D eigenvalue weighted by Gasteiger charge is -2.38. The zero-order valence-electron chi connectivity index (χ0n) is 18.0. The summed E-state index contributed by atoms with van der Waals surface area (Å²) in [6, 6.07) is 15.6. The molecule has 10 heteroatoms. The molecule has 34 heavy (non-hydrogen) atoms. The number of fused-ring (bicyclic) bond motifs is 1. The topological polar surface area (TPSA) is 126 Å². The van der Waals surface area contributed by atoms with Crippen molar-refractivity contribution >= 4 is 22.4 Å². The van der Waals surface area contributed by atoms with Crippen molar-refractivity contribution in [2.75, 3.05) is 6.61 Å². The van der Waals surface area contributed by atoms with Crippen LogP contribution in [-0.2, 0) is 16.2 Å². The summed E-state index contributed by atoms with van der Waals surface area (Å²) < 4.78 is 7.02. The van der Waals surface area contributed by atoms with Gasteiger partial charge >= 0.3 is 0 Å². The van der Waals surface area contributed by atoms with Crippen LogP contribution in [0.2, 0.25) is 0 Å². The van der Waals surface area contributed by atoms with Gasteiger partial charge in [0.2, 0.25) is 0 Å². The van der Waals surface area contributed by atoms with Crippen molar-refractivity contribution in [2.24, 2.45) is 0 Å². The third-order valence-electron chi connectivity index (χ3n) is 5.85. The fraction of sp³-hybridized carbons (Fsp3) is 0.292. The molecule has 1 unspecified atom stereocenters. The van der Waals surface area contributed by atoms with E-state index in [0.717, 1.165) is 11.1 Å². The van der Waals surface area contributed by atoms with Gasteiger partial charge in [0.25, 0.3) is 0 Å². The molecule has 0 spiro atoms. The molecule has 0 radical (unpaired) electrons. The minimum absolute atomic E-state index is 0.322. The first kappa shape index (κ1) is 22.9. The third-order valence-corrected chi connectivity index (χ3v) is 6.54.